The number of benzene rings is 1. The Morgan fingerprint density at radius 1 is 1.37 bits per heavy atom. The van der Waals surface area contributed by atoms with Crippen molar-refractivity contribution in [1.29, 1.82) is 5.26 Å². The van der Waals surface area contributed by atoms with Crippen LogP contribution in [0.5, 0.6) is 0 Å². The maximum atomic E-state index is 11.2. The van der Waals surface area contributed by atoms with Gasteiger partial charge in [-0.2, -0.15) is 5.26 Å². The molecule has 0 fully saturated rings. The third kappa shape index (κ3) is 3.90. The number of nitrogens with zero attached hydrogens (tertiary/aromatic N) is 2. The van der Waals surface area contributed by atoms with Gasteiger partial charge < -0.3 is 5.32 Å². The third-order valence-electron chi connectivity index (χ3n) is 2.46. The second-order valence-corrected chi connectivity index (χ2v) is 5.52. The van der Waals surface area contributed by atoms with Crippen LogP contribution in [0.25, 0.3) is 0 Å². The Morgan fingerprint density at radius 2 is 2.21 bits per heavy atom. The topological polar surface area (TPSA) is 65.8 Å². The van der Waals surface area contributed by atoms with Gasteiger partial charge in [-0.15, -0.1) is 0 Å². The molecule has 1 unspecified atom stereocenters. The Bertz CT molecular complexity index is 632. The quantitative estimate of drug-likeness (QED) is 0.928. The Kier molecular flexibility index (Phi) is 4.26. The van der Waals surface area contributed by atoms with Crippen molar-refractivity contribution in [2.75, 3.05) is 11.6 Å². The van der Waals surface area contributed by atoms with Gasteiger partial charge >= 0.3 is 0 Å². The van der Waals surface area contributed by atoms with Crippen molar-refractivity contribution in [3.05, 3.63) is 53.7 Å². The van der Waals surface area contributed by atoms with Crippen LogP contribution in [0.2, 0.25) is 0 Å². The number of nitriles is 1. The summed E-state index contributed by atoms with van der Waals surface area (Å²) in [6.45, 7) is 0. The largest absolute Gasteiger partial charge is 0.340 e. The first kappa shape index (κ1) is 13.2. The smallest absolute Gasteiger partial charge is 0.130 e. The molecular weight excluding hydrogens is 258 g/mol. The number of aromatic nitrogens is 1. The molecule has 0 radical (unpaired) electrons. The minimum Gasteiger partial charge on any atom is -0.340 e. The molecule has 1 aromatic carbocycles. The number of nitrogens with one attached hydrogen (secondary N) is 1. The van der Waals surface area contributed by atoms with E-state index in [0.717, 1.165) is 11.3 Å². The van der Waals surface area contributed by atoms with Crippen molar-refractivity contribution >= 4 is 22.3 Å². The molecule has 19 heavy (non-hydrogen) atoms. The van der Waals surface area contributed by atoms with Gasteiger partial charge in [-0.3, -0.25) is 4.21 Å². The minimum atomic E-state index is -0.855. The van der Waals surface area contributed by atoms with Gasteiger partial charge in [-0.25, -0.2) is 4.98 Å². The summed E-state index contributed by atoms with van der Waals surface area (Å²) in [4.78, 5) is 4.14. The minimum absolute atomic E-state index is 0.528. The molecule has 0 aliphatic rings. The second kappa shape index (κ2) is 6.12. The summed E-state index contributed by atoms with van der Waals surface area (Å²) in [6.07, 6.45) is 3.20. The summed E-state index contributed by atoms with van der Waals surface area (Å²) in [5.41, 5.74) is 2.43. The molecule has 1 heterocycles. The molecule has 1 atom stereocenters. The van der Waals surface area contributed by atoms with Crippen molar-refractivity contribution in [2.24, 2.45) is 0 Å². The van der Waals surface area contributed by atoms with E-state index in [1.54, 1.807) is 18.4 Å². The lowest BCUT2D eigenvalue weighted by molar-refractivity contribution is 0.686. The van der Waals surface area contributed by atoms with E-state index in [-0.39, 0.29) is 0 Å². The van der Waals surface area contributed by atoms with Crippen LogP contribution in [0.3, 0.4) is 0 Å². The summed E-state index contributed by atoms with van der Waals surface area (Å²) < 4.78 is 11.2. The van der Waals surface area contributed by atoms with E-state index >= 15 is 0 Å². The van der Waals surface area contributed by atoms with Crippen LogP contribution < -0.4 is 5.32 Å². The van der Waals surface area contributed by atoms with E-state index in [4.69, 9.17) is 5.26 Å². The number of hydrogen-bond acceptors (Lipinski definition) is 4. The van der Waals surface area contributed by atoms with E-state index in [1.165, 1.54) is 6.20 Å². The van der Waals surface area contributed by atoms with Crippen LogP contribution >= 0.6 is 0 Å². The number of pyridine rings is 1. The van der Waals surface area contributed by atoms with Crippen molar-refractivity contribution in [3.63, 3.8) is 0 Å². The monoisotopic (exact) mass is 271 g/mol. The van der Waals surface area contributed by atoms with E-state index in [1.807, 2.05) is 30.3 Å². The highest BCUT2D eigenvalue weighted by molar-refractivity contribution is 7.83. The summed E-state index contributed by atoms with van der Waals surface area (Å²) in [6, 6.07) is 13.2. The Morgan fingerprint density at radius 3 is 2.84 bits per heavy atom. The SMILES string of the molecule is CS(=O)Cc1cccc(Nc2ccc(C#N)cn2)c1. The summed E-state index contributed by atoms with van der Waals surface area (Å²) >= 11 is 0. The molecule has 0 amide bonds. The average molecular weight is 271 g/mol. The molecule has 0 spiro atoms. The van der Waals surface area contributed by atoms with Gasteiger partial charge in [0, 0.05) is 34.7 Å². The Hall–Kier alpha value is -2.19. The molecule has 2 aromatic rings. The second-order valence-electron chi connectivity index (χ2n) is 4.09. The van der Waals surface area contributed by atoms with Crippen molar-refractivity contribution in [2.45, 2.75) is 5.75 Å². The molecule has 2 rings (SSSR count). The van der Waals surface area contributed by atoms with Gasteiger partial charge in [-0.05, 0) is 29.8 Å². The standard InChI is InChI=1S/C14H13N3OS/c1-19(18)10-11-3-2-4-13(7-11)17-14-6-5-12(8-15)9-16-14/h2-7,9H,10H2,1H3,(H,16,17). The number of hydrogen-bond donors (Lipinski definition) is 1. The van der Waals surface area contributed by atoms with Gasteiger partial charge in [0.05, 0.1) is 5.56 Å². The predicted octanol–water partition coefficient (Wildman–Crippen LogP) is 2.58. The summed E-state index contributed by atoms with van der Waals surface area (Å²) in [5.74, 6) is 1.21. The summed E-state index contributed by atoms with van der Waals surface area (Å²) in [5, 5.41) is 11.8. The van der Waals surface area contributed by atoms with Crippen molar-refractivity contribution in [3.8, 4) is 6.07 Å². The molecule has 1 aromatic heterocycles. The van der Waals surface area contributed by atoms with E-state index in [2.05, 4.69) is 10.3 Å². The van der Waals surface area contributed by atoms with Gasteiger partial charge in [0.2, 0.25) is 0 Å². The first-order chi connectivity index (χ1) is 9.17. The molecule has 1 N–H and O–H groups in total. The van der Waals surface area contributed by atoms with E-state index in [0.29, 0.717) is 17.1 Å². The molecule has 0 saturated carbocycles. The van der Waals surface area contributed by atoms with Crippen LogP contribution in [0, 0.1) is 11.3 Å². The van der Waals surface area contributed by atoms with E-state index in [9.17, 15) is 4.21 Å². The zero-order chi connectivity index (χ0) is 13.7. The van der Waals surface area contributed by atoms with Crippen molar-refractivity contribution < 1.29 is 4.21 Å². The Balaban J connectivity index is 2.14. The average Bonchev–Trinajstić information content (AvgIpc) is 2.39. The fourth-order valence-electron chi connectivity index (χ4n) is 1.66. The predicted molar refractivity (Wildman–Crippen MR) is 76.4 cm³/mol. The fraction of sp³-hybridized carbons (Fsp3) is 0.143. The summed E-state index contributed by atoms with van der Waals surface area (Å²) in [7, 11) is -0.855. The number of rotatable bonds is 4. The van der Waals surface area contributed by atoms with Gasteiger partial charge in [0.25, 0.3) is 0 Å². The highest BCUT2D eigenvalue weighted by Crippen LogP contribution is 2.17. The lowest BCUT2D eigenvalue weighted by atomic mass is 10.2. The third-order valence-corrected chi connectivity index (χ3v) is 3.20. The fourth-order valence-corrected chi connectivity index (χ4v) is 2.30. The lowest BCUT2D eigenvalue weighted by Crippen LogP contribution is -1.96. The maximum Gasteiger partial charge on any atom is 0.130 e. The first-order valence-electron chi connectivity index (χ1n) is 5.69. The van der Waals surface area contributed by atoms with Crippen LogP contribution in [0.4, 0.5) is 11.5 Å². The van der Waals surface area contributed by atoms with Crippen LogP contribution in [-0.2, 0) is 16.6 Å². The first-order valence-corrected chi connectivity index (χ1v) is 7.42. The van der Waals surface area contributed by atoms with Gasteiger partial charge in [-0.1, -0.05) is 12.1 Å². The van der Waals surface area contributed by atoms with Gasteiger partial charge in [0.15, 0.2) is 0 Å². The molecule has 0 aliphatic carbocycles. The molecule has 96 valence electrons. The van der Waals surface area contributed by atoms with Crippen LogP contribution in [0.1, 0.15) is 11.1 Å². The maximum absolute atomic E-state index is 11.2. The lowest BCUT2D eigenvalue weighted by Gasteiger charge is -2.07. The van der Waals surface area contributed by atoms with E-state index < -0.39 is 10.8 Å². The highest BCUT2D eigenvalue weighted by Gasteiger charge is 2.00. The zero-order valence-electron chi connectivity index (χ0n) is 10.5. The molecule has 0 saturated heterocycles. The number of anilines is 2. The molecular formula is C14H13N3OS. The van der Waals surface area contributed by atoms with Crippen LogP contribution in [-0.4, -0.2) is 15.4 Å². The zero-order valence-corrected chi connectivity index (χ0v) is 11.3. The van der Waals surface area contributed by atoms with Crippen LogP contribution in [0.15, 0.2) is 42.6 Å². The molecule has 0 aliphatic heterocycles. The normalized spacial score (nSPS) is 11.6. The highest BCUT2D eigenvalue weighted by atomic mass is 32.2. The molecule has 4 nitrogen and oxygen atoms in total. The molecule has 5 heteroatoms. The molecule has 0 bridgehead atoms. The Labute approximate surface area is 114 Å². The van der Waals surface area contributed by atoms with Gasteiger partial charge in [0.1, 0.15) is 11.9 Å². The van der Waals surface area contributed by atoms with Crippen molar-refractivity contribution in [1.82, 2.24) is 4.98 Å².